The fraction of sp³-hybridized carbons (Fsp3) is 0.429. The fourth-order valence-electron chi connectivity index (χ4n) is 4.68. The quantitative estimate of drug-likeness (QED) is 0.266. The first-order valence-electron chi connectivity index (χ1n) is 12.7. The smallest absolute Gasteiger partial charge is 0.340 e. The predicted octanol–water partition coefficient (Wildman–Crippen LogP) is 2.69. The molecule has 1 saturated heterocycles. The Morgan fingerprint density at radius 2 is 1.13 bits per heavy atom. The van der Waals surface area contributed by atoms with Crippen molar-refractivity contribution in [3.8, 4) is 0 Å². The summed E-state index contributed by atoms with van der Waals surface area (Å²) in [5, 5.41) is 3.12. The molecule has 0 aliphatic carbocycles. The molecule has 10 heteroatoms. The monoisotopic (exact) mass is 526 g/mol. The third-order valence-corrected chi connectivity index (χ3v) is 6.11. The summed E-state index contributed by atoms with van der Waals surface area (Å²) in [6.45, 7) is 6.45. The maximum atomic E-state index is 13.8. The van der Waals surface area contributed by atoms with Crippen LogP contribution in [0.15, 0.2) is 60.7 Å². The number of nitrogens with zero attached hydrogens (tertiary/aromatic N) is 1. The number of carbonyl (C=O) groups is 4. The minimum Gasteiger partial charge on any atom is -0.464 e. The first-order chi connectivity index (χ1) is 18.4. The third-order valence-electron chi connectivity index (χ3n) is 6.11. The molecule has 2 aromatic carbocycles. The van der Waals surface area contributed by atoms with Gasteiger partial charge in [0.15, 0.2) is 0 Å². The molecule has 0 unspecified atom stereocenters. The topological polar surface area (TPSA) is 120 Å². The maximum Gasteiger partial charge on any atom is 0.340 e. The van der Waals surface area contributed by atoms with Gasteiger partial charge in [-0.2, -0.15) is 0 Å². The summed E-state index contributed by atoms with van der Waals surface area (Å²) in [5.41, 5.74) is -1.08. The molecule has 10 nitrogen and oxygen atoms in total. The van der Waals surface area contributed by atoms with Gasteiger partial charge in [-0.3, -0.25) is 10.2 Å². The Morgan fingerprint density at radius 1 is 0.711 bits per heavy atom. The van der Waals surface area contributed by atoms with E-state index in [1.165, 1.54) is 4.90 Å². The molecular weight excluding hydrogens is 492 g/mol. The van der Waals surface area contributed by atoms with Gasteiger partial charge in [0.1, 0.15) is 0 Å². The molecule has 0 amide bonds. The van der Waals surface area contributed by atoms with Crippen molar-refractivity contribution in [2.45, 2.75) is 51.5 Å². The van der Waals surface area contributed by atoms with E-state index in [1.54, 1.807) is 88.4 Å². The average Bonchev–Trinajstić information content (AvgIpc) is 3.27. The van der Waals surface area contributed by atoms with Crippen LogP contribution in [0.3, 0.4) is 0 Å². The zero-order chi connectivity index (χ0) is 27.7. The number of ether oxygens (including phenoxy) is 4. The van der Waals surface area contributed by atoms with E-state index < -0.39 is 47.7 Å². The number of hydrogen-bond acceptors (Lipinski definition) is 10. The summed E-state index contributed by atoms with van der Waals surface area (Å²) in [5.74, 6) is -3.55. The van der Waals surface area contributed by atoms with Crippen molar-refractivity contribution in [1.82, 2.24) is 10.2 Å². The molecule has 204 valence electrons. The van der Waals surface area contributed by atoms with Gasteiger partial charge in [-0.05, 0) is 38.8 Å². The highest BCUT2D eigenvalue weighted by atomic mass is 16.6. The Balaban J connectivity index is 2.39. The second kappa shape index (κ2) is 13.2. The predicted molar refractivity (Wildman–Crippen MR) is 136 cm³/mol. The van der Waals surface area contributed by atoms with Gasteiger partial charge in [-0.15, -0.1) is 0 Å². The van der Waals surface area contributed by atoms with Crippen LogP contribution in [0.5, 0.6) is 0 Å². The Hall–Kier alpha value is -3.76. The van der Waals surface area contributed by atoms with Gasteiger partial charge in [0, 0.05) is 0 Å². The van der Waals surface area contributed by atoms with Crippen LogP contribution in [-0.4, -0.2) is 66.8 Å². The van der Waals surface area contributed by atoms with E-state index in [2.05, 4.69) is 5.32 Å². The van der Waals surface area contributed by atoms with Gasteiger partial charge in [0.2, 0.25) is 11.6 Å². The van der Waals surface area contributed by atoms with Gasteiger partial charge in [-0.25, -0.2) is 19.2 Å². The fourth-order valence-corrected chi connectivity index (χ4v) is 4.68. The normalized spacial score (nSPS) is 18.6. The third kappa shape index (κ3) is 5.56. The van der Waals surface area contributed by atoms with Crippen molar-refractivity contribution >= 4 is 23.9 Å². The van der Waals surface area contributed by atoms with Crippen LogP contribution in [0.25, 0.3) is 0 Å². The van der Waals surface area contributed by atoms with E-state index in [-0.39, 0.29) is 26.4 Å². The van der Waals surface area contributed by atoms with Crippen molar-refractivity contribution in [1.29, 1.82) is 0 Å². The lowest BCUT2D eigenvalue weighted by Crippen LogP contribution is -2.60. The van der Waals surface area contributed by atoms with Crippen LogP contribution < -0.4 is 5.32 Å². The van der Waals surface area contributed by atoms with E-state index >= 15 is 0 Å². The summed E-state index contributed by atoms with van der Waals surface area (Å²) in [4.78, 5) is 55.7. The van der Waals surface area contributed by atoms with Crippen LogP contribution >= 0.6 is 0 Å². The second-order valence-corrected chi connectivity index (χ2v) is 8.37. The van der Waals surface area contributed by atoms with Crippen molar-refractivity contribution in [2.24, 2.45) is 0 Å². The zero-order valence-electron chi connectivity index (χ0n) is 22.0. The molecule has 1 aliphatic rings. The Labute approximate surface area is 222 Å². The van der Waals surface area contributed by atoms with Crippen molar-refractivity contribution in [3.05, 3.63) is 71.8 Å². The van der Waals surface area contributed by atoms with E-state index in [1.807, 2.05) is 0 Å². The molecule has 2 atom stereocenters. The Kier molecular flexibility index (Phi) is 9.98. The largest absolute Gasteiger partial charge is 0.464 e. The highest BCUT2D eigenvalue weighted by molar-refractivity contribution is 6.07. The first-order valence-corrected chi connectivity index (χ1v) is 12.7. The van der Waals surface area contributed by atoms with Gasteiger partial charge in [-0.1, -0.05) is 60.7 Å². The standard InChI is InChI=1S/C28H34N2O8/c1-5-35-24(31)21(25(32)36-6-2)30-22(19-15-11-9-12-16-19)28(26(33)37-7-3,27(34)38-8-4)29-23(30)20-17-13-10-14-18-20/h9-18,21-23,29H,5-8H2,1-4H3/t22-,23+/m1/s1. The summed E-state index contributed by atoms with van der Waals surface area (Å²) in [6, 6.07) is 14.7. The highest BCUT2D eigenvalue weighted by Gasteiger charge is 2.67. The summed E-state index contributed by atoms with van der Waals surface area (Å²) in [7, 11) is 0. The number of nitrogens with one attached hydrogen (secondary N) is 1. The molecule has 0 bridgehead atoms. The van der Waals surface area contributed by atoms with E-state index in [9.17, 15) is 19.2 Å². The number of rotatable bonds is 11. The van der Waals surface area contributed by atoms with E-state index in [4.69, 9.17) is 18.9 Å². The van der Waals surface area contributed by atoms with Gasteiger partial charge < -0.3 is 18.9 Å². The molecule has 1 heterocycles. The van der Waals surface area contributed by atoms with Crippen molar-refractivity contribution in [3.63, 3.8) is 0 Å². The highest BCUT2D eigenvalue weighted by Crippen LogP contribution is 2.47. The molecule has 1 fully saturated rings. The lowest BCUT2D eigenvalue weighted by atomic mass is 9.85. The molecule has 38 heavy (non-hydrogen) atoms. The SMILES string of the molecule is CCOC(=O)C(C(=O)OCC)N1[C@@H](c2ccccc2)NC(C(=O)OCC)(C(=O)OCC)[C@H]1c1ccccc1. The van der Waals surface area contributed by atoms with E-state index in [0.717, 1.165) is 0 Å². The number of esters is 4. The average molecular weight is 527 g/mol. The van der Waals surface area contributed by atoms with Crippen molar-refractivity contribution < 1.29 is 38.1 Å². The number of carbonyl (C=O) groups excluding carboxylic acids is 4. The zero-order valence-corrected chi connectivity index (χ0v) is 22.0. The van der Waals surface area contributed by atoms with Crippen LogP contribution in [-0.2, 0) is 38.1 Å². The lowest BCUT2D eigenvalue weighted by Gasteiger charge is -2.36. The van der Waals surface area contributed by atoms with Crippen molar-refractivity contribution in [2.75, 3.05) is 26.4 Å². The number of hydrogen-bond donors (Lipinski definition) is 1. The summed E-state index contributed by atoms with van der Waals surface area (Å²) >= 11 is 0. The summed E-state index contributed by atoms with van der Waals surface area (Å²) in [6.07, 6.45) is -0.992. The molecule has 1 aliphatic heterocycles. The van der Waals surface area contributed by atoms with Crippen LogP contribution in [0.1, 0.15) is 51.0 Å². The molecule has 1 N–H and O–H groups in total. The molecule has 0 aromatic heterocycles. The summed E-state index contributed by atoms with van der Waals surface area (Å²) < 4.78 is 21.4. The maximum absolute atomic E-state index is 13.8. The van der Waals surface area contributed by atoms with Gasteiger partial charge >= 0.3 is 23.9 Å². The minimum absolute atomic E-state index is 0.00289. The second-order valence-electron chi connectivity index (χ2n) is 8.37. The van der Waals surface area contributed by atoms with Gasteiger partial charge in [0.05, 0.1) is 38.6 Å². The van der Waals surface area contributed by atoms with E-state index in [0.29, 0.717) is 11.1 Å². The number of benzene rings is 2. The van der Waals surface area contributed by atoms with Crippen LogP contribution in [0.2, 0.25) is 0 Å². The van der Waals surface area contributed by atoms with Gasteiger partial charge in [0.25, 0.3) is 0 Å². The molecule has 0 saturated carbocycles. The van der Waals surface area contributed by atoms with Crippen LogP contribution in [0, 0.1) is 0 Å². The Bertz CT molecular complexity index is 1070. The van der Waals surface area contributed by atoms with Crippen LogP contribution in [0.4, 0.5) is 0 Å². The Morgan fingerprint density at radius 3 is 1.55 bits per heavy atom. The molecule has 0 spiro atoms. The molecule has 3 rings (SSSR count). The molecule has 0 radical (unpaired) electrons. The minimum atomic E-state index is -2.13. The molecule has 2 aromatic rings. The lowest BCUT2D eigenvalue weighted by molar-refractivity contribution is -0.172. The first kappa shape index (κ1) is 28.8. The molecular formula is C28H34N2O8.